The van der Waals surface area contributed by atoms with Gasteiger partial charge in [0.25, 0.3) is 0 Å². The lowest BCUT2D eigenvalue weighted by Crippen LogP contribution is -2.63. The van der Waals surface area contributed by atoms with Crippen molar-refractivity contribution >= 4 is 5.91 Å². The zero-order chi connectivity index (χ0) is 23.4. The topological polar surface area (TPSA) is 43.1 Å². The molecule has 5 aliphatic carbocycles. The van der Waals surface area contributed by atoms with E-state index in [1.165, 1.54) is 51.4 Å². The molecule has 0 saturated heterocycles. The second-order valence-electron chi connectivity index (χ2n) is 15.0. The van der Waals surface area contributed by atoms with Crippen LogP contribution in [0, 0.1) is 50.2 Å². The smallest absolute Gasteiger partial charge is 0.223 e. The number of primary amides is 1. The second kappa shape index (κ2) is 6.66. The van der Waals surface area contributed by atoms with Gasteiger partial charge in [0.1, 0.15) is 0 Å². The van der Waals surface area contributed by atoms with Gasteiger partial charge in [0.2, 0.25) is 5.91 Å². The van der Waals surface area contributed by atoms with E-state index in [1.54, 1.807) is 5.57 Å². The van der Waals surface area contributed by atoms with Gasteiger partial charge < -0.3 is 5.73 Å². The Morgan fingerprint density at radius 1 is 0.875 bits per heavy atom. The zero-order valence-corrected chi connectivity index (χ0v) is 22.1. The van der Waals surface area contributed by atoms with Crippen molar-refractivity contribution in [3.8, 4) is 0 Å². The van der Waals surface area contributed by atoms with E-state index >= 15 is 0 Å². The molecule has 0 heterocycles. The van der Waals surface area contributed by atoms with E-state index < -0.39 is 0 Å². The molecule has 2 nitrogen and oxygen atoms in total. The highest BCUT2D eigenvalue weighted by molar-refractivity contribution is 5.80. The van der Waals surface area contributed by atoms with Gasteiger partial charge in [0, 0.05) is 5.41 Å². The average molecular weight is 440 g/mol. The molecule has 4 saturated carbocycles. The molecule has 0 aliphatic heterocycles. The second-order valence-corrected chi connectivity index (χ2v) is 15.0. The highest BCUT2D eigenvalue weighted by atomic mass is 16.1. The maximum Gasteiger partial charge on any atom is 0.223 e. The number of amides is 1. The monoisotopic (exact) mass is 439 g/mol. The van der Waals surface area contributed by atoms with E-state index in [0.29, 0.717) is 27.6 Å². The summed E-state index contributed by atoms with van der Waals surface area (Å²) in [6.07, 6.45) is 16.7. The quantitative estimate of drug-likeness (QED) is 0.419. The zero-order valence-electron chi connectivity index (χ0n) is 22.1. The number of fused-ring (bicyclic) bond motifs is 7. The Labute approximate surface area is 197 Å². The van der Waals surface area contributed by atoms with Crippen LogP contribution in [0.15, 0.2) is 11.6 Å². The molecule has 0 spiro atoms. The average Bonchev–Trinajstić information content (AvgIpc) is 2.69. The van der Waals surface area contributed by atoms with Gasteiger partial charge in [-0.15, -0.1) is 0 Å². The lowest BCUT2D eigenvalue weighted by Gasteiger charge is -2.71. The van der Waals surface area contributed by atoms with Crippen LogP contribution in [-0.4, -0.2) is 5.91 Å². The van der Waals surface area contributed by atoms with Crippen LogP contribution in [0.4, 0.5) is 0 Å². The van der Waals surface area contributed by atoms with Crippen molar-refractivity contribution in [2.45, 2.75) is 119 Å². The Morgan fingerprint density at radius 3 is 2.25 bits per heavy atom. The summed E-state index contributed by atoms with van der Waals surface area (Å²) in [7, 11) is 0. The van der Waals surface area contributed by atoms with Gasteiger partial charge in [-0.25, -0.2) is 0 Å². The third kappa shape index (κ3) is 2.73. The number of hydrogen-bond donors (Lipinski definition) is 1. The van der Waals surface area contributed by atoms with Crippen molar-refractivity contribution < 1.29 is 4.79 Å². The molecule has 0 bridgehead atoms. The predicted octanol–water partition coefficient (Wildman–Crippen LogP) is 7.66. The van der Waals surface area contributed by atoms with Gasteiger partial charge in [-0.05, 0) is 109 Å². The first kappa shape index (κ1) is 23.0. The van der Waals surface area contributed by atoms with Crippen molar-refractivity contribution in [1.82, 2.24) is 0 Å². The van der Waals surface area contributed by atoms with Gasteiger partial charge >= 0.3 is 0 Å². The maximum absolute atomic E-state index is 12.4. The molecule has 180 valence electrons. The minimum Gasteiger partial charge on any atom is -0.369 e. The molecule has 5 aliphatic rings. The van der Waals surface area contributed by atoms with Crippen molar-refractivity contribution in [2.75, 3.05) is 0 Å². The van der Waals surface area contributed by atoms with E-state index in [-0.39, 0.29) is 16.7 Å². The number of carbonyl (C=O) groups is 1. The summed E-state index contributed by atoms with van der Waals surface area (Å²) in [5.41, 5.74) is 9.29. The Bertz CT molecular complexity index is 857. The Kier molecular flexibility index (Phi) is 4.78. The van der Waals surface area contributed by atoms with E-state index in [0.717, 1.165) is 31.1 Å². The summed E-state index contributed by atoms with van der Waals surface area (Å²) in [5.74, 6) is 2.10. The number of hydrogen-bond acceptors (Lipinski definition) is 1. The van der Waals surface area contributed by atoms with E-state index in [2.05, 4.69) is 54.5 Å². The van der Waals surface area contributed by atoms with Crippen molar-refractivity contribution in [1.29, 1.82) is 0 Å². The minimum atomic E-state index is -0.335. The molecule has 0 aromatic carbocycles. The van der Waals surface area contributed by atoms with Gasteiger partial charge in [-0.1, -0.05) is 66.5 Å². The Morgan fingerprint density at radius 2 is 1.56 bits per heavy atom. The summed E-state index contributed by atoms with van der Waals surface area (Å²) in [6, 6.07) is 0. The van der Waals surface area contributed by atoms with Crippen molar-refractivity contribution in [3.63, 3.8) is 0 Å². The first-order valence-corrected chi connectivity index (χ1v) is 13.7. The predicted molar refractivity (Wildman–Crippen MR) is 133 cm³/mol. The molecule has 2 heteroatoms. The van der Waals surface area contributed by atoms with Crippen LogP contribution in [0.3, 0.4) is 0 Å². The van der Waals surface area contributed by atoms with Crippen molar-refractivity contribution in [3.05, 3.63) is 11.6 Å². The molecule has 2 N–H and O–H groups in total. The maximum atomic E-state index is 12.4. The minimum absolute atomic E-state index is 0.0789. The first-order chi connectivity index (χ1) is 14.7. The summed E-state index contributed by atoms with van der Waals surface area (Å²) in [4.78, 5) is 12.4. The van der Waals surface area contributed by atoms with E-state index in [4.69, 9.17) is 5.73 Å². The fraction of sp³-hybridized carbons (Fsp3) is 0.900. The van der Waals surface area contributed by atoms with Gasteiger partial charge in [0.05, 0.1) is 0 Å². The largest absolute Gasteiger partial charge is 0.369 e. The standard InChI is InChI=1S/C30H49NO/c1-25(2)12-8-13-28(5)22(25)11-14-30(7)23(28)10-9-20-21-19-27(4,24(31)32)16-15-26(21,3)17-18-29(20,30)6/h9,21-23H,8,10-19H2,1-7H3,(H2,31,32)/t21-,22?,23-,26-,27?,28+,29-,30-/m1/s1. The molecular weight excluding hydrogens is 390 g/mol. The van der Waals surface area contributed by atoms with Crippen LogP contribution in [-0.2, 0) is 4.79 Å². The molecule has 4 fully saturated rings. The SMILES string of the molecule is CC1(C(N)=O)CC[C@]2(C)CC[C@]3(C)C(=CC[C@@H]4[C@@]5(C)CCCC(C)(C)C5CC[C@]43C)[C@H]2C1. The van der Waals surface area contributed by atoms with Gasteiger partial charge in [-0.3, -0.25) is 4.79 Å². The number of rotatable bonds is 1. The normalized spacial score (nSPS) is 54.3. The molecule has 0 aromatic heterocycles. The Balaban J connectivity index is 1.57. The highest BCUT2D eigenvalue weighted by Crippen LogP contribution is 2.75. The number of carbonyl (C=O) groups excluding carboxylic acids is 1. The Hall–Kier alpha value is -0.790. The van der Waals surface area contributed by atoms with Crippen LogP contribution in [0.2, 0.25) is 0 Å². The molecule has 0 aromatic rings. The lowest BCUT2D eigenvalue weighted by molar-refractivity contribution is -0.180. The lowest BCUT2D eigenvalue weighted by atomic mass is 9.34. The summed E-state index contributed by atoms with van der Waals surface area (Å²) >= 11 is 0. The highest BCUT2D eigenvalue weighted by Gasteiger charge is 2.67. The van der Waals surface area contributed by atoms with Gasteiger partial charge in [-0.2, -0.15) is 0 Å². The summed E-state index contributed by atoms with van der Waals surface area (Å²) in [5, 5.41) is 0. The van der Waals surface area contributed by atoms with E-state index in [1.807, 2.05) is 0 Å². The van der Waals surface area contributed by atoms with Gasteiger partial charge in [0.15, 0.2) is 0 Å². The molecule has 2 unspecified atom stereocenters. The summed E-state index contributed by atoms with van der Waals surface area (Å²) < 4.78 is 0. The molecule has 8 atom stereocenters. The molecule has 32 heavy (non-hydrogen) atoms. The van der Waals surface area contributed by atoms with Crippen LogP contribution >= 0.6 is 0 Å². The number of allylic oxidation sites excluding steroid dienone is 2. The fourth-order valence-electron chi connectivity index (χ4n) is 10.7. The molecule has 0 radical (unpaired) electrons. The molecule has 5 rings (SSSR count). The van der Waals surface area contributed by atoms with Crippen molar-refractivity contribution in [2.24, 2.45) is 56.0 Å². The third-order valence-corrected chi connectivity index (χ3v) is 13.2. The first-order valence-electron chi connectivity index (χ1n) is 13.7. The van der Waals surface area contributed by atoms with E-state index in [9.17, 15) is 4.79 Å². The van der Waals surface area contributed by atoms with Crippen LogP contribution in [0.25, 0.3) is 0 Å². The molecular formula is C30H49NO. The summed E-state index contributed by atoms with van der Waals surface area (Å²) in [6.45, 7) is 17.8. The fourth-order valence-corrected chi connectivity index (χ4v) is 10.7. The molecule has 1 amide bonds. The van der Waals surface area contributed by atoms with Crippen LogP contribution in [0.5, 0.6) is 0 Å². The number of nitrogens with two attached hydrogens (primary N) is 1. The van der Waals surface area contributed by atoms with Crippen LogP contribution in [0.1, 0.15) is 119 Å². The third-order valence-electron chi connectivity index (χ3n) is 13.2. The van der Waals surface area contributed by atoms with Crippen LogP contribution < -0.4 is 5.73 Å².